The summed E-state index contributed by atoms with van der Waals surface area (Å²) in [5.74, 6) is 4.87. The van der Waals surface area contributed by atoms with E-state index in [1.807, 2.05) is 30.3 Å². The van der Waals surface area contributed by atoms with Crippen molar-refractivity contribution in [3.8, 4) is 0 Å². The zero-order chi connectivity index (χ0) is 36.3. The van der Waals surface area contributed by atoms with Crippen molar-refractivity contribution in [2.75, 3.05) is 11.5 Å². The lowest BCUT2D eigenvalue weighted by Crippen LogP contribution is -2.64. The molecule has 0 amide bonds. The number of carbonyl (C=O) groups excluding carboxylic acids is 1. The van der Waals surface area contributed by atoms with Gasteiger partial charge in [0.15, 0.2) is 5.78 Å². The van der Waals surface area contributed by atoms with Crippen LogP contribution in [0.5, 0.6) is 0 Å². The predicted molar refractivity (Wildman–Crippen MR) is 212 cm³/mol. The van der Waals surface area contributed by atoms with Gasteiger partial charge in [0.1, 0.15) is 0 Å². The summed E-state index contributed by atoms with van der Waals surface area (Å²) in [6, 6.07) is 16.0. The smallest absolute Gasteiger partial charge is 0.169 e. The lowest BCUT2D eigenvalue weighted by atomic mass is 9.38. The van der Waals surface area contributed by atoms with E-state index >= 15 is 0 Å². The molecule has 0 aliphatic heterocycles. The van der Waals surface area contributed by atoms with Gasteiger partial charge in [0.05, 0.1) is 12.7 Å². The van der Waals surface area contributed by atoms with Crippen LogP contribution in [-0.2, 0) is 11.3 Å². The van der Waals surface area contributed by atoms with Crippen molar-refractivity contribution in [3.05, 3.63) is 71.3 Å². The average Bonchev–Trinajstić information content (AvgIpc) is 3.79. The van der Waals surface area contributed by atoms with Crippen molar-refractivity contribution in [1.82, 2.24) is 0 Å². The van der Waals surface area contributed by atoms with Gasteiger partial charge in [-0.1, -0.05) is 77.0 Å². The van der Waals surface area contributed by atoms with Crippen molar-refractivity contribution < 1.29 is 9.53 Å². The molecule has 0 aromatic heterocycles. The maximum Gasteiger partial charge on any atom is 0.169 e. The van der Waals surface area contributed by atoms with Crippen LogP contribution in [0.3, 0.4) is 0 Å². The highest BCUT2D eigenvalue weighted by Crippen LogP contribution is 2.74. The van der Waals surface area contributed by atoms with E-state index in [-0.39, 0.29) is 22.3 Å². The lowest BCUT2D eigenvalue weighted by Gasteiger charge is -2.68. The molecule has 7 rings (SSSR count). The minimum absolute atomic E-state index is 0.0381. The van der Waals surface area contributed by atoms with Crippen molar-refractivity contribution in [2.24, 2.45) is 63.1 Å². The number of hydrogen-bond donors (Lipinski definition) is 2. The maximum absolute atomic E-state index is 14.4. The normalized spacial score (nSPS) is 36.6. The van der Waals surface area contributed by atoms with E-state index in [0.29, 0.717) is 41.2 Å². The zero-order valence-electron chi connectivity index (χ0n) is 33.0. The average molecular weight is 693 g/mol. The third kappa shape index (κ3) is 6.42. The first-order valence-electron chi connectivity index (χ1n) is 20.7. The zero-order valence-corrected chi connectivity index (χ0v) is 33.0. The molecule has 5 saturated carbocycles. The fourth-order valence-corrected chi connectivity index (χ4v) is 14.1. The van der Waals surface area contributed by atoms with Gasteiger partial charge < -0.3 is 16.2 Å². The molecule has 4 heteroatoms. The second-order valence-corrected chi connectivity index (χ2v) is 19.6. The quantitative estimate of drug-likeness (QED) is 0.106. The van der Waals surface area contributed by atoms with E-state index in [1.165, 1.54) is 56.9 Å². The summed E-state index contributed by atoms with van der Waals surface area (Å²) < 4.78 is 7.26. The molecule has 51 heavy (non-hydrogen) atoms. The van der Waals surface area contributed by atoms with Crippen LogP contribution in [-0.4, -0.2) is 11.9 Å². The molecule has 0 radical (unpaired) electrons. The molecule has 0 spiro atoms. The van der Waals surface area contributed by atoms with Crippen LogP contribution in [0.2, 0.25) is 0 Å². The minimum atomic E-state index is -0.278. The van der Waals surface area contributed by atoms with Crippen LogP contribution in [0.15, 0.2) is 60.2 Å². The lowest BCUT2D eigenvalue weighted by molar-refractivity contribution is -0.227. The highest BCUT2D eigenvalue weighted by molar-refractivity contribution is 6.03. The Morgan fingerprint density at radius 2 is 1.57 bits per heavy atom. The number of nitrogens with two attached hydrogens (primary N) is 2. The van der Waals surface area contributed by atoms with E-state index < -0.39 is 0 Å². The fraction of sp³-hybridized carbons (Fsp3) is 0.681. The summed E-state index contributed by atoms with van der Waals surface area (Å²) in [7, 11) is 0. The molecular formula is C47H68N2O2. The Kier molecular flexibility index (Phi) is 9.86. The Morgan fingerprint density at radius 1 is 0.882 bits per heavy atom. The summed E-state index contributed by atoms with van der Waals surface area (Å²) in [6.45, 7) is 18.1. The molecule has 0 heterocycles. The summed E-state index contributed by atoms with van der Waals surface area (Å²) in [5, 5.41) is 0. The Hall–Kier alpha value is -2.59. The summed E-state index contributed by atoms with van der Waals surface area (Å²) in [4.78, 5) is 14.4. The number of carbonyl (C=O) groups is 1. The van der Waals surface area contributed by atoms with Gasteiger partial charge in [-0.2, -0.15) is 0 Å². The van der Waals surface area contributed by atoms with Crippen LogP contribution in [0.25, 0.3) is 0 Å². The third-order valence-electron chi connectivity index (χ3n) is 16.2. The molecule has 5 aliphatic rings. The van der Waals surface area contributed by atoms with Gasteiger partial charge in [-0.25, -0.2) is 0 Å². The Morgan fingerprint density at radius 3 is 2.25 bits per heavy atom. The summed E-state index contributed by atoms with van der Waals surface area (Å²) in [5.41, 5.74) is 17.6. The molecule has 0 bridgehead atoms. The number of unbranched alkanes of at least 4 members (excludes halogenated alkanes) is 1. The Bertz CT molecular complexity index is 1620. The topological polar surface area (TPSA) is 78.3 Å². The molecule has 4 nitrogen and oxygen atoms in total. The van der Waals surface area contributed by atoms with Crippen LogP contribution < -0.4 is 11.5 Å². The molecule has 4 N–H and O–H groups in total. The predicted octanol–water partition coefficient (Wildman–Crippen LogP) is 11.7. The van der Waals surface area contributed by atoms with E-state index in [9.17, 15) is 4.79 Å². The minimum Gasteiger partial charge on any atom is -0.399 e. The summed E-state index contributed by atoms with van der Waals surface area (Å²) >= 11 is 0. The molecule has 10 unspecified atom stereocenters. The molecule has 2 aromatic carbocycles. The van der Waals surface area contributed by atoms with Gasteiger partial charge in [-0.3, -0.25) is 4.79 Å². The standard InChI is InChI=1S/C47H68N2O2/c1-30(2)12-8-9-13-31(3)37-18-19-38-36-28-40(51-29-32-14-10-16-34(48)26-32)42-44(4,5)41(21-23-46(42,7)39(36)20-22-45(37,38)6)47(24-25-47)43(50)33-15-11-17-35(49)27-33/h10-12,14-17,26-27,31,36-42H,8-9,13,18-25,28-29,48-49H2,1-7H3. The van der Waals surface area contributed by atoms with E-state index in [4.69, 9.17) is 16.2 Å². The van der Waals surface area contributed by atoms with Crippen molar-refractivity contribution in [3.63, 3.8) is 0 Å². The van der Waals surface area contributed by atoms with Crippen molar-refractivity contribution >= 4 is 17.2 Å². The first kappa shape index (κ1) is 36.8. The second-order valence-electron chi connectivity index (χ2n) is 19.6. The van der Waals surface area contributed by atoms with Crippen molar-refractivity contribution in [1.29, 1.82) is 0 Å². The number of nitrogen functional groups attached to an aromatic ring is 2. The molecule has 5 fully saturated rings. The third-order valence-corrected chi connectivity index (χ3v) is 16.2. The number of ether oxygens (including phenoxy) is 1. The van der Waals surface area contributed by atoms with Crippen LogP contribution >= 0.6 is 0 Å². The second kappa shape index (κ2) is 13.7. The van der Waals surface area contributed by atoms with Crippen LogP contribution in [0.1, 0.15) is 141 Å². The van der Waals surface area contributed by atoms with Gasteiger partial charge in [-0.05, 0) is 172 Å². The number of hydrogen-bond acceptors (Lipinski definition) is 4. The van der Waals surface area contributed by atoms with Gasteiger partial charge in [0.25, 0.3) is 0 Å². The van der Waals surface area contributed by atoms with Crippen molar-refractivity contribution in [2.45, 2.75) is 138 Å². The van der Waals surface area contributed by atoms with Crippen LogP contribution in [0, 0.1) is 63.1 Å². The van der Waals surface area contributed by atoms with E-state index in [2.05, 4.69) is 72.7 Å². The number of Topliss-reactive ketones (excluding diaryl/α,β-unsaturated/α-hetero) is 1. The maximum atomic E-state index is 14.4. The molecule has 5 aliphatic carbocycles. The molecular weight excluding hydrogens is 625 g/mol. The Balaban J connectivity index is 1.19. The SMILES string of the molecule is CC(C)=CCCCC(C)C1CCC2C3CC(OCc4cccc(N)c4)C4C(C)(C)C(C5(C(=O)c6cccc(N)c6)CC5)CCC4(C)C3CCC12C. The largest absolute Gasteiger partial charge is 0.399 e. The summed E-state index contributed by atoms with van der Waals surface area (Å²) in [6.07, 6.45) is 17.4. The van der Waals surface area contributed by atoms with Gasteiger partial charge in [-0.15, -0.1) is 0 Å². The Labute approximate surface area is 309 Å². The first-order chi connectivity index (χ1) is 24.2. The number of anilines is 2. The van der Waals surface area contributed by atoms with E-state index in [1.54, 1.807) is 0 Å². The number of rotatable bonds is 11. The first-order valence-corrected chi connectivity index (χ1v) is 20.7. The van der Waals surface area contributed by atoms with E-state index in [0.717, 1.165) is 66.2 Å². The monoisotopic (exact) mass is 693 g/mol. The molecule has 278 valence electrons. The fourth-order valence-electron chi connectivity index (χ4n) is 14.1. The van der Waals surface area contributed by atoms with Gasteiger partial charge in [0.2, 0.25) is 0 Å². The molecule has 10 atom stereocenters. The molecule has 0 saturated heterocycles. The van der Waals surface area contributed by atoms with Gasteiger partial charge >= 0.3 is 0 Å². The number of benzene rings is 2. The number of fused-ring (bicyclic) bond motifs is 5. The molecule has 2 aromatic rings. The number of ketones is 1. The number of allylic oxidation sites excluding steroid dienone is 2. The van der Waals surface area contributed by atoms with Gasteiger partial charge in [0, 0.05) is 22.4 Å². The highest BCUT2D eigenvalue weighted by Gasteiger charge is 2.70. The highest BCUT2D eigenvalue weighted by atomic mass is 16.5. The van der Waals surface area contributed by atoms with Crippen LogP contribution in [0.4, 0.5) is 11.4 Å².